The van der Waals surface area contributed by atoms with Crippen molar-refractivity contribution in [1.29, 1.82) is 0 Å². The van der Waals surface area contributed by atoms with Gasteiger partial charge in [0.1, 0.15) is 19.3 Å². The zero-order chi connectivity index (χ0) is 60.0. The van der Waals surface area contributed by atoms with Crippen molar-refractivity contribution in [2.24, 2.45) is 0 Å². The number of hydrogen-bond acceptors (Lipinski definition) is 6. The number of unbranched alkanes of at least 4 members (excludes halogenated alkanes) is 47. The van der Waals surface area contributed by atoms with E-state index in [1.165, 1.54) is 257 Å². The van der Waals surface area contributed by atoms with Gasteiger partial charge in [0.25, 0.3) is 0 Å². The molecule has 1 amide bonds. The molecule has 3 unspecified atom stereocenters. The first-order valence-corrected chi connectivity index (χ1v) is 37.3. The van der Waals surface area contributed by atoms with Gasteiger partial charge in [-0.3, -0.25) is 18.6 Å². The fourth-order valence-corrected chi connectivity index (χ4v) is 11.6. The number of nitrogens with one attached hydrogen (secondary N) is 1. The van der Waals surface area contributed by atoms with E-state index in [4.69, 9.17) is 13.8 Å². The normalized spacial score (nSPS) is 13.7. The summed E-state index contributed by atoms with van der Waals surface area (Å²) in [4.78, 5) is 37.8. The predicted octanol–water partition coefficient (Wildman–Crippen LogP) is 22.6. The highest BCUT2D eigenvalue weighted by molar-refractivity contribution is 7.47. The van der Waals surface area contributed by atoms with Crippen LogP contribution in [-0.4, -0.2) is 74.3 Å². The second-order valence-electron chi connectivity index (χ2n) is 25.8. The van der Waals surface area contributed by atoms with E-state index in [1.807, 2.05) is 33.3 Å². The Morgan fingerprint density at radius 2 is 0.732 bits per heavy atom. The number of phosphoric acid groups is 1. The Morgan fingerprint density at radius 3 is 1.09 bits per heavy atom. The van der Waals surface area contributed by atoms with Crippen molar-refractivity contribution in [1.82, 2.24) is 5.32 Å². The third-order valence-corrected chi connectivity index (χ3v) is 17.3. The number of allylic oxidation sites excluding steroid dienone is 5. The van der Waals surface area contributed by atoms with E-state index in [9.17, 15) is 19.0 Å². The van der Waals surface area contributed by atoms with Crippen LogP contribution >= 0.6 is 7.82 Å². The van der Waals surface area contributed by atoms with E-state index < -0.39 is 20.0 Å². The standard InChI is InChI=1S/C72H139N2O7P/c1-7-10-13-16-19-22-25-28-30-32-33-34-35-36-37-38-39-40-41-42-44-47-50-53-56-59-62-65-72(76)81-70(63-60-57-54-51-48-45-27-24-21-18-15-12-9-3)69(68-80-82(77,78)79-67-66-74(4,5)6)73-71(75)64-61-58-55-52-49-46-43-31-29-26-23-20-17-14-11-8-2/h31,43,46,49,60,63,69-70H,7-30,32-42,44-45,47-48,50-59,61-62,64-68H2,1-6H3,(H-,73,75,77,78)/p+1/b43-31+,49-46+,63-60-. The summed E-state index contributed by atoms with van der Waals surface area (Å²) in [5.41, 5.74) is 0. The predicted molar refractivity (Wildman–Crippen MR) is 356 cm³/mol. The molecule has 9 nitrogen and oxygen atoms in total. The number of ether oxygens (including phenoxy) is 1. The van der Waals surface area contributed by atoms with Gasteiger partial charge in [0.15, 0.2) is 0 Å². The molecule has 0 saturated carbocycles. The fraction of sp³-hybridized carbons (Fsp3) is 0.889. The smallest absolute Gasteiger partial charge is 0.456 e. The number of quaternary nitrogens is 1. The number of hydrogen-bond donors (Lipinski definition) is 2. The second kappa shape index (κ2) is 62.3. The Bertz CT molecular complexity index is 1500. The Balaban J connectivity index is 5.02. The van der Waals surface area contributed by atoms with Gasteiger partial charge in [0, 0.05) is 12.8 Å². The number of phosphoric ester groups is 1. The van der Waals surface area contributed by atoms with Gasteiger partial charge in [-0.05, 0) is 57.4 Å². The lowest BCUT2D eigenvalue weighted by Crippen LogP contribution is -2.47. The molecular formula is C72H140N2O7P+. The molecule has 0 fully saturated rings. The largest absolute Gasteiger partial charge is 0.472 e. The lowest BCUT2D eigenvalue weighted by Gasteiger charge is -2.27. The highest BCUT2D eigenvalue weighted by Gasteiger charge is 2.30. The monoisotopic (exact) mass is 1180 g/mol. The van der Waals surface area contributed by atoms with Gasteiger partial charge in [0.2, 0.25) is 5.91 Å². The SMILES string of the molecule is CCCCCCCCC/C=C/C=C/CCCCCC(=O)NC(COP(=O)(O)OCC[N+](C)(C)C)C(/C=C\CCCCCCCCCCCCC)OC(=O)CCCCCCCCCCCCCCCCCCCCCCCCCCCCC. The summed E-state index contributed by atoms with van der Waals surface area (Å²) >= 11 is 0. The van der Waals surface area contributed by atoms with Gasteiger partial charge in [-0.15, -0.1) is 0 Å². The molecule has 0 aromatic carbocycles. The van der Waals surface area contributed by atoms with Gasteiger partial charge < -0.3 is 19.4 Å². The van der Waals surface area contributed by atoms with Gasteiger partial charge >= 0.3 is 13.8 Å². The Morgan fingerprint density at radius 1 is 0.427 bits per heavy atom. The van der Waals surface area contributed by atoms with Crippen LogP contribution in [0.3, 0.4) is 0 Å². The number of carbonyl (C=O) groups excluding carboxylic acids is 2. The molecule has 0 aromatic heterocycles. The lowest BCUT2D eigenvalue weighted by molar-refractivity contribution is -0.870. The molecule has 0 saturated heterocycles. The Labute approximate surface area is 510 Å². The van der Waals surface area contributed by atoms with Crippen LogP contribution in [0.5, 0.6) is 0 Å². The number of amides is 1. The topological polar surface area (TPSA) is 111 Å². The van der Waals surface area contributed by atoms with E-state index in [2.05, 4.69) is 50.4 Å². The molecular weight excluding hydrogens is 1040 g/mol. The molecule has 2 N–H and O–H groups in total. The molecule has 3 atom stereocenters. The van der Waals surface area contributed by atoms with Crippen LogP contribution < -0.4 is 5.32 Å². The zero-order valence-corrected chi connectivity index (χ0v) is 56.4. The first kappa shape index (κ1) is 80.2. The van der Waals surface area contributed by atoms with Crippen LogP contribution in [0.2, 0.25) is 0 Å². The van der Waals surface area contributed by atoms with Gasteiger partial charge in [-0.25, -0.2) is 4.57 Å². The van der Waals surface area contributed by atoms with Crippen molar-refractivity contribution in [3.05, 3.63) is 36.5 Å². The highest BCUT2D eigenvalue weighted by atomic mass is 31.2. The lowest BCUT2D eigenvalue weighted by atomic mass is 10.0. The summed E-state index contributed by atoms with van der Waals surface area (Å²) < 4.78 is 30.8. The Kier molecular flexibility index (Phi) is 60.9. The third kappa shape index (κ3) is 62.8. The molecule has 0 rings (SSSR count). The maximum absolute atomic E-state index is 13.6. The van der Waals surface area contributed by atoms with E-state index in [0.717, 1.165) is 64.2 Å². The van der Waals surface area contributed by atoms with Crippen molar-refractivity contribution in [3.63, 3.8) is 0 Å². The maximum Gasteiger partial charge on any atom is 0.472 e. The molecule has 484 valence electrons. The van der Waals surface area contributed by atoms with Crippen LogP contribution in [0, 0.1) is 0 Å². The maximum atomic E-state index is 13.6. The summed E-state index contributed by atoms with van der Waals surface area (Å²) in [6.07, 6.45) is 77.4. The van der Waals surface area contributed by atoms with E-state index in [-0.39, 0.29) is 25.1 Å². The first-order chi connectivity index (χ1) is 39.9. The number of rotatable bonds is 66. The molecule has 0 aliphatic carbocycles. The molecule has 0 heterocycles. The van der Waals surface area contributed by atoms with Gasteiger partial charge in [0.05, 0.1) is 33.8 Å². The first-order valence-electron chi connectivity index (χ1n) is 35.8. The molecule has 0 spiro atoms. The minimum absolute atomic E-state index is 0.0377. The molecule has 10 heteroatoms. The minimum atomic E-state index is -4.46. The van der Waals surface area contributed by atoms with Gasteiger partial charge in [-0.2, -0.15) is 0 Å². The third-order valence-electron chi connectivity index (χ3n) is 16.4. The summed E-state index contributed by atoms with van der Waals surface area (Å²) in [7, 11) is 1.50. The molecule has 0 aromatic rings. The molecule has 0 radical (unpaired) electrons. The fourth-order valence-electron chi connectivity index (χ4n) is 10.8. The Hall–Kier alpha value is -1.77. The second-order valence-corrected chi connectivity index (χ2v) is 27.3. The quantitative estimate of drug-likeness (QED) is 0.0156. The average molecular weight is 1180 g/mol. The van der Waals surface area contributed by atoms with Crippen LogP contribution in [0.15, 0.2) is 36.5 Å². The van der Waals surface area contributed by atoms with Crippen molar-refractivity contribution >= 4 is 19.7 Å². The van der Waals surface area contributed by atoms with Crippen LogP contribution in [0.25, 0.3) is 0 Å². The van der Waals surface area contributed by atoms with Crippen LogP contribution in [0.4, 0.5) is 0 Å². The van der Waals surface area contributed by atoms with Crippen molar-refractivity contribution in [2.75, 3.05) is 40.9 Å². The zero-order valence-electron chi connectivity index (χ0n) is 55.5. The van der Waals surface area contributed by atoms with Gasteiger partial charge in [-0.1, -0.05) is 327 Å². The molecule has 82 heavy (non-hydrogen) atoms. The number of likely N-dealkylation sites (N-methyl/N-ethyl adjacent to an activating group) is 1. The minimum Gasteiger partial charge on any atom is -0.456 e. The molecule has 0 aliphatic heterocycles. The molecule has 0 bridgehead atoms. The summed E-state index contributed by atoms with van der Waals surface area (Å²) in [6.45, 7) is 7.05. The van der Waals surface area contributed by atoms with E-state index in [1.54, 1.807) is 0 Å². The molecule has 0 aliphatic rings. The highest BCUT2D eigenvalue weighted by Crippen LogP contribution is 2.43. The van der Waals surface area contributed by atoms with E-state index >= 15 is 0 Å². The summed E-state index contributed by atoms with van der Waals surface area (Å²) in [5, 5.41) is 3.06. The number of esters is 1. The number of nitrogens with zero attached hydrogens (tertiary/aromatic N) is 1. The number of carbonyl (C=O) groups is 2. The van der Waals surface area contributed by atoms with Crippen molar-refractivity contribution in [2.45, 2.75) is 373 Å². The van der Waals surface area contributed by atoms with Crippen molar-refractivity contribution in [3.8, 4) is 0 Å². The summed E-state index contributed by atoms with van der Waals surface area (Å²) in [6, 6.07) is -0.859. The van der Waals surface area contributed by atoms with Crippen molar-refractivity contribution < 1.29 is 37.3 Å². The summed E-state index contributed by atoms with van der Waals surface area (Å²) in [5.74, 6) is -0.517. The van der Waals surface area contributed by atoms with E-state index in [0.29, 0.717) is 30.3 Å². The van der Waals surface area contributed by atoms with Crippen LogP contribution in [-0.2, 0) is 27.9 Å². The van der Waals surface area contributed by atoms with Crippen LogP contribution in [0.1, 0.15) is 361 Å². The average Bonchev–Trinajstić information content (AvgIpc) is 3.45.